The van der Waals surface area contributed by atoms with Gasteiger partial charge in [0.05, 0.1) is 12.6 Å². The Hall–Kier alpha value is -2.74. The third-order valence-corrected chi connectivity index (χ3v) is 3.94. The Morgan fingerprint density at radius 1 is 1.39 bits per heavy atom. The number of guanidine groups is 1. The minimum Gasteiger partial charge on any atom is -0.384 e. The number of benzene rings is 1. The molecule has 23 heavy (non-hydrogen) atoms. The lowest BCUT2D eigenvalue weighted by Gasteiger charge is -2.28. The molecule has 5 heteroatoms. The van der Waals surface area contributed by atoms with Gasteiger partial charge in [0.25, 0.3) is 0 Å². The van der Waals surface area contributed by atoms with E-state index in [1.165, 1.54) is 11.1 Å². The highest BCUT2D eigenvalue weighted by Gasteiger charge is 2.28. The summed E-state index contributed by atoms with van der Waals surface area (Å²) < 4.78 is 0. The minimum absolute atomic E-state index is 0.161. The van der Waals surface area contributed by atoms with Gasteiger partial charge in [-0.3, -0.25) is 0 Å². The Kier molecular flexibility index (Phi) is 5.42. The molecule has 0 bridgehead atoms. The number of terminal acetylenes is 1. The van der Waals surface area contributed by atoms with Crippen LogP contribution in [0.2, 0.25) is 0 Å². The molecular weight excluding hydrogens is 286 g/mol. The van der Waals surface area contributed by atoms with Crippen LogP contribution in [0.3, 0.4) is 0 Å². The van der Waals surface area contributed by atoms with Crippen LogP contribution >= 0.6 is 0 Å². The lowest BCUT2D eigenvalue weighted by Crippen LogP contribution is -2.40. The quantitative estimate of drug-likeness (QED) is 0.494. The topological polar surface area (TPSA) is 80.0 Å². The smallest absolute Gasteiger partial charge is 0.194 e. The average Bonchev–Trinajstić information content (AvgIpc) is 2.96. The highest BCUT2D eigenvalue weighted by Crippen LogP contribution is 2.35. The third kappa shape index (κ3) is 3.92. The second kappa shape index (κ2) is 7.50. The van der Waals surface area contributed by atoms with E-state index in [2.05, 4.69) is 40.7 Å². The van der Waals surface area contributed by atoms with Crippen LogP contribution in [0.1, 0.15) is 30.5 Å². The van der Waals surface area contributed by atoms with E-state index in [1.807, 2.05) is 11.0 Å². The number of aliphatic imine (C=N–C) groups is 2. The Morgan fingerprint density at radius 2 is 2.13 bits per heavy atom. The highest BCUT2D eigenvalue weighted by atomic mass is 15.3. The van der Waals surface area contributed by atoms with Crippen molar-refractivity contribution in [2.24, 2.45) is 21.5 Å². The van der Waals surface area contributed by atoms with Crippen LogP contribution in [0.5, 0.6) is 0 Å². The first-order valence-corrected chi connectivity index (χ1v) is 7.58. The monoisotopic (exact) mass is 309 g/mol. The molecule has 2 rings (SSSR count). The van der Waals surface area contributed by atoms with Gasteiger partial charge in [0, 0.05) is 0 Å². The standard InChI is InChI=1S/C18H23N5/c1-4-11-23(18(20)22-12-21-17(19)13(2)3)16-10-9-14-7-5-6-8-15(14)16/h1,5-8,16H,2,9-12H2,3H3,(H2,19,21)(H2,20,22)/t16-/m1/s1. The highest BCUT2D eigenvalue weighted by molar-refractivity contribution is 5.95. The van der Waals surface area contributed by atoms with E-state index in [-0.39, 0.29) is 12.7 Å². The van der Waals surface area contributed by atoms with E-state index in [0.717, 1.165) is 12.8 Å². The zero-order chi connectivity index (χ0) is 16.8. The number of rotatable bonds is 5. The van der Waals surface area contributed by atoms with E-state index in [4.69, 9.17) is 17.9 Å². The molecule has 0 radical (unpaired) electrons. The van der Waals surface area contributed by atoms with E-state index in [9.17, 15) is 0 Å². The van der Waals surface area contributed by atoms with Gasteiger partial charge in [0.2, 0.25) is 0 Å². The zero-order valence-corrected chi connectivity index (χ0v) is 13.5. The first kappa shape index (κ1) is 16.6. The van der Waals surface area contributed by atoms with Gasteiger partial charge < -0.3 is 16.4 Å². The van der Waals surface area contributed by atoms with Crippen LogP contribution in [0.4, 0.5) is 0 Å². The molecule has 0 fully saturated rings. The van der Waals surface area contributed by atoms with E-state index >= 15 is 0 Å². The Labute approximate surface area is 137 Å². The number of hydrogen-bond donors (Lipinski definition) is 2. The zero-order valence-electron chi connectivity index (χ0n) is 13.5. The molecule has 0 spiro atoms. The summed E-state index contributed by atoms with van der Waals surface area (Å²) in [6.45, 7) is 6.11. The molecule has 5 nitrogen and oxygen atoms in total. The van der Waals surface area contributed by atoms with E-state index in [1.54, 1.807) is 6.92 Å². The molecule has 4 N–H and O–H groups in total. The Morgan fingerprint density at radius 3 is 2.83 bits per heavy atom. The molecule has 0 heterocycles. The van der Waals surface area contributed by atoms with Gasteiger partial charge in [-0.2, -0.15) is 0 Å². The van der Waals surface area contributed by atoms with Crippen LogP contribution in [-0.4, -0.2) is 29.9 Å². The van der Waals surface area contributed by atoms with Gasteiger partial charge in [-0.1, -0.05) is 36.8 Å². The van der Waals surface area contributed by atoms with Crippen LogP contribution in [0.25, 0.3) is 0 Å². The van der Waals surface area contributed by atoms with Gasteiger partial charge in [-0.05, 0) is 36.5 Å². The summed E-state index contributed by atoms with van der Waals surface area (Å²) in [4.78, 5) is 10.4. The summed E-state index contributed by atoms with van der Waals surface area (Å²) in [7, 11) is 0. The summed E-state index contributed by atoms with van der Waals surface area (Å²) in [5.41, 5.74) is 15.2. The number of aryl methyl sites for hydroxylation is 1. The van der Waals surface area contributed by atoms with Gasteiger partial charge >= 0.3 is 0 Å². The molecule has 120 valence electrons. The maximum absolute atomic E-state index is 6.15. The minimum atomic E-state index is 0.161. The number of nitrogens with two attached hydrogens (primary N) is 2. The fourth-order valence-electron chi connectivity index (χ4n) is 2.72. The molecule has 0 unspecified atom stereocenters. The normalized spacial score (nSPS) is 17.5. The van der Waals surface area contributed by atoms with Crippen molar-refractivity contribution >= 4 is 11.8 Å². The van der Waals surface area contributed by atoms with Crippen molar-refractivity contribution in [3.05, 3.63) is 47.5 Å². The molecule has 1 aliphatic carbocycles. The van der Waals surface area contributed by atoms with Crippen LogP contribution in [0, 0.1) is 12.3 Å². The van der Waals surface area contributed by atoms with Gasteiger partial charge in [-0.25, -0.2) is 9.98 Å². The predicted octanol–water partition coefficient (Wildman–Crippen LogP) is 1.81. The molecule has 1 aromatic rings. The van der Waals surface area contributed by atoms with Crippen molar-refractivity contribution in [3.63, 3.8) is 0 Å². The van der Waals surface area contributed by atoms with Gasteiger partial charge in [0.1, 0.15) is 12.5 Å². The van der Waals surface area contributed by atoms with Crippen molar-refractivity contribution in [1.82, 2.24) is 4.90 Å². The summed E-state index contributed by atoms with van der Waals surface area (Å²) >= 11 is 0. The molecule has 0 amide bonds. The first-order valence-electron chi connectivity index (χ1n) is 7.58. The molecule has 0 saturated carbocycles. The molecule has 1 atom stereocenters. The van der Waals surface area contributed by atoms with Crippen molar-refractivity contribution in [3.8, 4) is 12.3 Å². The molecule has 1 aliphatic rings. The summed E-state index contributed by atoms with van der Waals surface area (Å²) in [6.07, 6.45) is 7.51. The molecule has 0 aromatic heterocycles. The van der Waals surface area contributed by atoms with Crippen molar-refractivity contribution in [2.75, 3.05) is 13.2 Å². The lowest BCUT2D eigenvalue weighted by atomic mass is 10.1. The van der Waals surface area contributed by atoms with Crippen molar-refractivity contribution < 1.29 is 0 Å². The van der Waals surface area contributed by atoms with Crippen LogP contribution in [-0.2, 0) is 6.42 Å². The van der Waals surface area contributed by atoms with Gasteiger partial charge in [-0.15, -0.1) is 6.42 Å². The number of fused-ring (bicyclic) bond motifs is 1. The molecule has 0 saturated heterocycles. The van der Waals surface area contributed by atoms with E-state index < -0.39 is 0 Å². The first-order chi connectivity index (χ1) is 11.0. The fourth-order valence-corrected chi connectivity index (χ4v) is 2.72. The Balaban J connectivity index is 2.17. The lowest BCUT2D eigenvalue weighted by molar-refractivity contribution is 0.343. The van der Waals surface area contributed by atoms with Crippen molar-refractivity contribution in [1.29, 1.82) is 0 Å². The summed E-state index contributed by atoms with van der Waals surface area (Å²) in [5, 5.41) is 0. The average molecular weight is 309 g/mol. The second-order valence-corrected chi connectivity index (χ2v) is 5.57. The maximum atomic E-state index is 6.15. The second-order valence-electron chi connectivity index (χ2n) is 5.57. The van der Waals surface area contributed by atoms with Crippen LogP contribution < -0.4 is 11.5 Å². The predicted molar refractivity (Wildman–Crippen MR) is 96.0 cm³/mol. The third-order valence-electron chi connectivity index (χ3n) is 3.94. The molecular formula is C18H23N5. The fraction of sp³-hybridized carbons (Fsp3) is 0.333. The largest absolute Gasteiger partial charge is 0.384 e. The summed E-state index contributed by atoms with van der Waals surface area (Å²) in [6, 6.07) is 8.53. The molecule has 1 aromatic carbocycles. The number of nitrogens with zero attached hydrogens (tertiary/aromatic N) is 3. The Bertz CT molecular complexity index is 681. The van der Waals surface area contributed by atoms with E-state index in [0.29, 0.717) is 23.9 Å². The van der Waals surface area contributed by atoms with Crippen molar-refractivity contribution in [2.45, 2.75) is 25.8 Å². The van der Waals surface area contributed by atoms with Gasteiger partial charge in [0.15, 0.2) is 5.96 Å². The number of hydrogen-bond acceptors (Lipinski definition) is 2. The maximum Gasteiger partial charge on any atom is 0.194 e. The van der Waals surface area contributed by atoms with Crippen LogP contribution in [0.15, 0.2) is 46.4 Å². The summed E-state index contributed by atoms with van der Waals surface area (Å²) in [5.74, 6) is 3.44. The molecule has 0 aliphatic heterocycles. The number of amidine groups is 1. The SMILES string of the molecule is C#CCN(C(N)=NCN=C(N)C(=C)C)[C@@H]1CCc2ccccc21.